The summed E-state index contributed by atoms with van der Waals surface area (Å²) < 4.78 is 0. The molecule has 20 heavy (non-hydrogen) atoms. The molecule has 0 spiro atoms. The zero-order valence-corrected chi connectivity index (χ0v) is 11.0. The summed E-state index contributed by atoms with van der Waals surface area (Å²) in [5.74, 6) is 4.84. The Morgan fingerprint density at radius 1 is 1.35 bits per heavy atom. The van der Waals surface area contributed by atoms with Gasteiger partial charge in [0.1, 0.15) is 5.69 Å². The van der Waals surface area contributed by atoms with Gasteiger partial charge < -0.3 is 10.7 Å². The van der Waals surface area contributed by atoms with Gasteiger partial charge in [-0.15, -0.1) is 0 Å². The van der Waals surface area contributed by atoms with Crippen LogP contribution in [0.1, 0.15) is 16.1 Å². The van der Waals surface area contributed by atoms with Crippen molar-refractivity contribution < 1.29 is 4.79 Å². The van der Waals surface area contributed by atoms with Gasteiger partial charge in [0.25, 0.3) is 5.91 Å². The second kappa shape index (κ2) is 6.02. The minimum atomic E-state index is -0.422. The summed E-state index contributed by atoms with van der Waals surface area (Å²) in [6, 6.07) is 9.70. The molecular formula is C13H10ClN5O. The molecule has 0 saturated heterocycles. The normalized spacial score (nSPS) is 9.65. The predicted octanol–water partition coefficient (Wildman–Crippen LogP) is 2.14. The van der Waals surface area contributed by atoms with Crippen LogP contribution in [0.4, 0.5) is 11.4 Å². The van der Waals surface area contributed by atoms with Gasteiger partial charge in [-0.1, -0.05) is 11.6 Å². The largest absolute Gasteiger partial charge is 0.324 e. The highest BCUT2D eigenvalue weighted by Crippen LogP contribution is 2.23. The second-order valence-corrected chi connectivity index (χ2v) is 4.24. The summed E-state index contributed by atoms with van der Waals surface area (Å²) in [4.78, 5) is 16.0. The number of benzene rings is 1. The number of nitrogens with two attached hydrogens (primary N) is 1. The van der Waals surface area contributed by atoms with Crippen LogP contribution in [0, 0.1) is 11.3 Å². The number of rotatable bonds is 3. The van der Waals surface area contributed by atoms with E-state index in [1.54, 1.807) is 18.2 Å². The second-order valence-electron chi connectivity index (χ2n) is 3.83. The number of nitrogen functional groups attached to an aromatic ring is 1. The maximum Gasteiger partial charge on any atom is 0.274 e. The molecule has 0 aliphatic heterocycles. The van der Waals surface area contributed by atoms with Crippen molar-refractivity contribution in [3.05, 3.63) is 52.8 Å². The first kappa shape index (κ1) is 13.8. The van der Waals surface area contributed by atoms with Crippen molar-refractivity contribution in [2.75, 3.05) is 10.7 Å². The van der Waals surface area contributed by atoms with E-state index in [9.17, 15) is 4.79 Å². The zero-order chi connectivity index (χ0) is 14.5. The fourth-order valence-corrected chi connectivity index (χ4v) is 1.74. The van der Waals surface area contributed by atoms with E-state index >= 15 is 0 Å². The summed E-state index contributed by atoms with van der Waals surface area (Å²) in [5.41, 5.74) is 4.01. The molecule has 1 heterocycles. The summed E-state index contributed by atoms with van der Waals surface area (Å²) >= 11 is 5.98. The van der Waals surface area contributed by atoms with Crippen LogP contribution in [0.5, 0.6) is 0 Å². The van der Waals surface area contributed by atoms with Crippen LogP contribution in [-0.4, -0.2) is 10.9 Å². The fourth-order valence-electron chi connectivity index (χ4n) is 1.52. The molecule has 0 aliphatic rings. The van der Waals surface area contributed by atoms with E-state index < -0.39 is 5.91 Å². The minimum Gasteiger partial charge on any atom is -0.324 e. The van der Waals surface area contributed by atoms with Gasteiger partial charge in [0, 0.05) is 6.20 Å². The van der Waals surface area contributed by atoms with Gasteiger partial charge in [0.2, 0.25) is 0 Å². The first-order chi connectivity index (χ1) is 9.63. The topological polar surface area (TPSA) is 104 Å². The van der Waals surface area contributed by atoms with Gasteiger partial charge in [-0.3, -0.25) is 15.6 Å². The monoisotopic (exact) mass is 287 g/mol. The number of pyridine rings is 1. The first-order valence-corrected chi connectivity index (χ1v) is 5.95. The number of halogens is 1. The lowest BCUT2D eigenvalue weighted by atomic mass is 10.2. The Balaban J connectivity index is 2.21. The molecule has 0 saturated carbocycles. The van der Waals surface area contributed by atoms with Gasteiger partial charge in [0.15, 0.2) is 0 Å². The molecule has 6 nitrogen and oxygen atoms in total. The van der Waals surface area contributed by atoms with Crippen molar-refractivity contribution >= 4 is 28.9 Å². The van der Waals surface area contributed by atoms with E-state index in [0.717, 1.165) is 0 Å². The number of carbonyl (C=O) groups excluding carboxylic acids is 1. The third-order valence-electron chi connectivity index (χ3n) is 2.51. The molecule has 2 aromatic rings. The van der Waals surface area contributed by atoms with E-state index in [4.69, 9.17) is 22.7 Å². The van der Waals surface area contributed by atoms with Crippen molar-refractivity contribution in [2.24, 2.45) is 5.84 Å². The van der Waals surface area contributed by atoms with Crippen LogP contribution in [0.3, 0.4) is 0 Å². The average molecular weight is 288 g/mol. The molecule has 100 valence electrons. The smallest absolute Gasteiger partial charge is 0.274 e. The number of nitrogens with zero attached hydrogens (tertiary/aromatic N) is 2. The van der Waals surface area contributed by atoms with Gasteiger partial charge >= 0.3 is 0 Å². The maximum absolute atomic E-state index is 12.0. The van der Waals surface area contributed by atoms with Gasteiger partial charge in [0.05, 0.1) is 28.0 Å². The molecule has 1 aromatic carbocycles. The Bertz CT molecular complexity index is 695. The molecule has 0 bridgehead atoms. The Hall–Kier alpha value is -2.62. The molecule has 0 atom stereocenters. The molecule has 4 N–H and O–H groups in total. The van der Waals surface area contributed by atoms with Crippen LogP contribution >= 0.6 is 11.6 Å². The molecule has 1 amide bonds. The van der Waals surface area contributed by atoms with E-state index in [0.29, 0.717) is 16.9 Å². The number of amides is 1. The summed E-state index contributed by atoms with van der Waals surface area (Å²) in [6.07, 6.45) is 1.46. The van der Waals surface area contributed by atoms with E-state index in [1.807, 2.05) is 6.07 Å². The van der Waals surface area contributed by atoms with Gasteiger partial charge in [-0.05, 0) is 30.3 Å². The van der Waals surface area contributed by atoms with E-state index in [1.165, 1.54) is 18.3 Å². The summed E-state index contributed by atoms with van der Waals surface area (Å²) in [6.45, 7) is 0. The molecule has 7 heteroatoms. The van der Waals surface area contributed by atoms with Crippen molar-refractivity contribution in [1.82, 2.24) is 4.98 Å². The highest BCUT2D eigenvalue weighted by Gasteiger charge is 2.10. The molecular weight excluding hydrogens is 278 g/mol. The number of anilines is 2. The lowest BCUT2D eigenvalue weighted by Crippen LogP contribution is -2.15. The van der Waals surface area contributed by atoms with Crippen LogP contribution in [0.2, 0.25) is 5.02 Å². The quantitative estimate of drug-likeness (QED) is 0.593. The van der Waals surface area contributed by atoms with E-state index in [2.05, 4.69) is 15.7 Å². The number of hydrogen-bond donors (Lipinski definition) is 3. The number of hydrazine groups is 1. The molecule has 2 rings (SSSR count). The first-order valence-electron chi connectivity index (χ1n) is 5.57. The standard InChI is InChI=1S/C13H10ClN5O/c14-10-5-8(7-15)1-2-11(10)18-13(20)12-6-9(19-16)3-4-17-12/h1-6H,16H2,(H,17,19)(H,18,20). The van der Waals surface area contributed by atoms with Crippen LogP contribution in [0.25, 0.3) is 0 Å². The Morgan fingerprint density at radius 2 is 2.15 bits per heavy atom. The molecule has 0 aliphatic carbocycles. The Kier molecular flexibility index (Phi) is 4.15. The lowest BCUT2D eigenvalue weighted by Gasteiger charge is -2.07. The number of aromatic nitrogens is 1. The maximum atomic E-state index is 12.0. The summed E-state index contributed by atoms with van der Waals surface area (Å²) in [7, 11) is 0. The van der Waals surface area contributed by atoms with Crippen molar-refractivity contribution in [1.29, 1.82) is 5.26 Å². The Morgan fingerprint density at radius 3 is 2.80 bits per heavy atom. The third kappa shape index (κ3) is 3.03. The SMILES string of the molecule is N#Cc1ccc(NC(=O)c2cc(NN)ccn2)c(Cl)c1. The predicted molar refractivity (Wildman–Crippen MR) is 76.2 cm³/mol. The highest BCUT2D eigenvalue weighted by molar-refractivity contribution is 6.34. The average Bonchev–Trinajstić information content (AvgIpc) is 2.49. The Labute approximate surface area is 120 Å². The van der Waals surface area contributed by atoms with Gasteiger partial charge in [-0.2, -0.15) is 5.26 Å². The molecule has 0 unspecified atom stereocenters. The molecule has 0 fully saturated rings. The number of nitriles is 1. The summed E-state index contributed by atoms with van der Waals surface area (Å²) in [5, 5.41) is 11.6. The molecule has 1 aromatic heterocycles. The fraction of sp³-hybridized carbons (Fsp3) is 0. The number of hydrogen-bond acceptors (Lipinski definition) is 5. The third-order valence-corrected chi connectivity index (χ3v) is 2.82. The number of nitrogens with one attached hydrogen (secondary N) is 2. The lowest BCUT2D eigenvalue weighted by molar-refractivity contribution is 0.102. The van der Waals surface area contributed by atoms with Crippen molar-refractivity contribution in [3.8, 4) is 6.07 Å². The zero-order valence-electron chi connectivity index (χ0n) is 10.2. The van der Waals surface area contributed by atoms with Gasteiger partial charge in [-0.25, -0.2) is 0 Å². The van der Waals surface area contributed by atoms with Crippen LogP contribution < -0.4 is 16.6 Å². The highest BCUT2D eigenvalue weighted by atomic mass is 35.5. The van der Waals surface area contributed by atoms with Crippen LogP contribution in [-0.2, 0) is 0 Å². The van der Waals surface area contributed by atoms with Crippen molar-refractivity contribution in [2.45, 2.75) is 0 Å². The van der Waals surface area contributed by atoms with E-state index in [-0.39, 0.29) is 10.7 Å². The van der Waals surface area contributed by atoms with Crippen LogP contribution in [0.15, 0.2) is 36.5 Å². The minimum absolute atomic E-state index is 0.195. The number of carbonyl (C=O) groups is 1. The van der Waals surface area contributed by atoms with Crippen molar-refractivity contribution in [3.63, 3.8) is 0 Å². The molecule has 0 radical (unpaired) electrons.